The minimum atomic E-state index is -1.50. The van der Waals surface area contributed by atoms with Crippen LogP contribution in [0.3, 0.4) is 0 Å². The Morgan fingerprint density at radius 2 is 2.00 bits per heavy atom. The average molecular weight is 161 g/mol. The number of rotatable bonds is 1. The molecule has 1 rings (SSSR count). The summed E-state index contributed by atoms with van der Waals surface area (Å²) in [7, 11) is -1.50. The lowest BCUT2D eigenvalue weighted by atomic mass is 9.79. The number of nitrogens with zero attached hydrogens (tertiary/aromatic N) is 1. The van der Waals surface area contributed by atoms with E-state index in [0.29, 0.717) is 11.2 Å². The highest BCUT2D eigenvalue weighted by Crippen LogP contribution is 2.11. The summed E-state index contributed by atoms with van der Waals surface area (Å²) in [5, 5.41) is 17.6. The van der Waals surface area contributed by atoms with Crippen LogP contribution < -0.4 is 5.46 Å². The van der Waals surface area contributed by atoms with Gasteiger partial charge in [0.25, 0.3) is 0 Å². The van der Waals surface area contributed by atoms with Gasteiger partial charge in [-0.3, -0.25) is 0 Å². The topological polar surface area (TPSA) is 44.8 Å². The summed E-state index contributed by atoms with van der Waals surface area (Å²) in [5.41, 5.74) is 1.64. The number of hydrogen-bond donors (Lipinski definition) is 2. The largest absolute Gasteiger partial charge is 0.487 e. The monoisotopic (exact) mass is 161 g/mol. The second kappa shape index (κ2) is 3.39. The fraction of sp³-hybridized carbons (Fsp3) is 0.125. The van der Waals surface area contributed by atoms with E-state index in [-0.39, 0.29) is 0 Å². The molecule has 60 valence electrons. The zero-order valence-electron chi connectivity index (χ0n) is 6.65. The number of benzene rings is 1. The van der Waals surface area contributed by atoms with E-state index in [4.69, 9.17) is 16.6 Å². The van der Waals surface area contributed by atoms with E-state index in [1.165, 1.54) is 6.07 Å². The first-order valence-electron chi connectivity index (χ1n) is 3.48. The van der Waals surface area contributed by atoms with E-state index in [0.717, 1.165) is 5.56 Å². The maximum atomic E-state index is 8.82. The molecule has 12 heavy (non-hydrogen) atoms. The van der Waals surface area contributed by atoms with Crippen LogP contribution in [-0.2, 0) is 0 Å². The molecule has 4 heteroatoms. The fourth-order valence-electron chi connectivity index (χ4n) is 1.01. The molecular weight excluding hydrogens is 153 g/mol. The van der Waals surface area contributed by atoms with Crippen molar-refractivity contribution in [3.63, 3.8) is 0 Å². The van der Waals surface area contributed by atoms with Gasteiger partial charge in [-0.05, 0) is 12.4 Å². The van der Waals surface area contributed by atoms with Gasteiger partial charge in [-0.1, -0.05) is 23.8 Å². The summed E-state index contributed by atoms with van der Waals surface area (Å²) in [6, 6.07) is 4.79. The molecule has 0 aliphatic carbocycles. The molecule has 0 bridgehead atoms. The van der Waals surface area contributed by atoms with Gasteiger partial charge in [-0.2, -0.15) is 0 Å². The lowest BCUT2D eigenvalue weighted by Gasteiger charge is -2.01. The Labute approximate surface area is 71.2 Å². The molecule has 1 aromatic rings. The van der Waals surface area contributed by atoms with Crippen LogP contribution in [0.25, 0.3) is 4.85 Å². The van der Waals surface area contributed by atoms with Crippen LogP contribution in [-0.4, -0.2) is 17.2 Å². The standard InChI is InChI=1S/C8H8BNO2/c1-6-3-7(9(11)12)5-8(4-6)10-2/h3-5,11-12H,1H3. The van der Waals surface area contributed by atoms with E-state index in [1.54, 1.807) is 19.1 Å². The molecule has 0 heterocycles. The van der Waals surface area contributed by atoms with Crippen molar-refractivity contribution >= 4 is 18.3 Å². The Balaban J connectivity index is 3.17. The highest BCUT2D eigenvalue weighted by Gasteiger charge is 2.11. The molecular formula is C8H8BNO2. The third kappa shape index (κ3) is 1.85. The Bertz CT molecular complexity index is 330. The average Bonchev–Trinajstić information content (AvgIpc) is 2.03. The van der Waals surface area contributed by atoms with Gasteiger partial charge in [0.2, 0.25) is 0 Å². The lowest BCUT2D eigenvalue weighted by Crippen LogP contribution is -2.29. The molecule has 0 saturated carbocycles. The van der Waals surface area contributed by atoms with Crippen molar-refractivity contribution in [2.24, 2.45) is 0 Å². The first-order valence-corrected chi connectivity index (χ1v) is 3.48. The summed E-state index contributed by atoms with van der Waals surface area (Å²) >= 11 is 0. The van der Waals surface area contributed by atoms with Gasteiger partial charge in [0.15, 0.2) is 5.69 Å². The van der Waals surface area contributed by atoms with Gasteiger partial charge in [0.1, 0.15) is 0 Å². The van der Waals surface area contributed by atoms with Gasteiger partial charge in [-0.15, -0.1) is 0 Å². The number of aryl methyl sites for hydroxylation is 1. The van der Waals surface area contributed by atoms with Gasteiger partial charge in [-0.25, -0.2) is 4.85 Å². The Morgan fingerprint density at radius 1 is 1.33 bits per heavy atom. The molecule has 0 amide bonds. The van der Waals surface area contributed by atoms with Crippen LogP contribution in [0.4, 0.5) is 5.69 Å². The smallest absolute Gasteiger partial charge is 0.423 e. The lowest BCUT2D eigenvalue weighted by molar-refractivity contribution is 0.426. The normalized spacial score (nSPS) is 9.17. The van der Waals surface area contributed by atoms with Gasteiger partial charge in [0, 0.05) is 0 Å². The summed E-state index contributed by atoms with van der Waals surface area (Å²) in [4.78, 5) is 3.20. The van der Waals surface area contributed by atoms with Crippen LogP contribution in [0.2, 0.25) is 0 Å². The van der Waals surface area contributed by atoms with Gasteiger partial charge >= 0.3 is 7.12 Å². The molecule has 3 nitrogen and oxygen atoms in total. The van der Waals surface area contributed by atoms with E-state index < -0.39 is 7.12 Å². The molecule has 0 unspecified atom stereocenters. The predicted octanol–water partition coefficient (Wildman–Crippen LogP) is 0.226. The summed E-state index contributed by atoms with van der Waals surface area (Å²) < 4.78 is 0. The zero-order valence-corrected chi connectivity index (χ0v) is 6.65. The van der Waals surface area contributed by atoms with Crippen molar-refractivity contribution in [1.82, 2.24) is 0 Å². The maximum Gasteiger partial charge on any atom is 0.487 e. The van der Waals surface area contributed by atoms with Crippen molar-refractivity contribution in [2.45, 2.75) is 6.92 Å². The van der Waals surface area contributed by atoms with Crippen molar-refractivity contribution in [1.29, 1.82) is 0 Å². The second-order valence-electron chi connectivity index (χ2n) is 2.59. The van der Waals surface area contributed by atoms with Gasteiger partial charge < -0.3 is 10.0 Å². The molecule has 0 aliphatic heterocycles. The van der Waals surface area contributed by atoms with Crippen LogP contribution in [0, 0.1) is 13.5 Å². The first-order chi connectivity index (χ1) is 5.63. The quantitative estimate of drug-likeness (QED) is 0.457. The fourth-order valence-corrected chi connectivity index (χ4v) is 1.01. The molecule has 0 atom stereocenters. The minimum absolute atomic E-state index is 0.362. The van der Waals surface area contributed by atoms with Crippen molar-refractivity contribution in [3.8, 4) is 0 Å². The molecule has 0 fully saturated rings. The van der Waals surface area contributed by atoms with Crippen LogP contribution >= 0.6 is 0 Å². The van der Waals surface area contributed by atoms with Gasteiger partial charge in [0.05, 0.1) is 6.57 Å². The molecule has 1 aromatic carbocycles. The van der Waals surface area contributed by atoms with Crippen molar-refractivity contribution in [2.75, 3.05) is 0 Å². The highest BCUT2D eigenvalue weighted by atomic mass is 16.4. The predicted molar refractivity (Wildman–Crippen MR) is 47.3 cm³/mol. The Morgan fingerprint density at radius 3 is 2.50 bits per heavy atom. The first kappa shape index (κ1) is 8.79. The third-order valence-corrected chi connectivity index (χ3v) is 1.51. The molecule has 0 aliphatic rings. The molecule has 2 N–H and O–H groups in total. The van der Waals surface area contributed by atoms with Crippen molar-refractivity contribution in [3.05, 3.63) is 35.2 Å². The Hall–Kier alpha value is -1.31. The SMILES string of the molecule is [C-]#[N+]c1cc(C)cc(B(O)O)c1. The summed E-state index contributed by atoms with van der Waals surface area (Å²) in [5.74, 6) is 0. The van der Waals surface area contributed by atoms with E-state index in [9.17, 15) is 0 Å². The van der Waals surface area contributed by atoms with E-state index in [2.05, 4.69) is 4.85 Å². The molecule has 0 saturated heterocycles. The van der Waals surface area contributed by atoms with Crippen LogP contribution in [0.5, 0.6) is 0 Å². The highest BCUT2D eigenvalue weighted by molar-refractivity contribution is 6.58. The second-order valence-corrected chi connectivity index (χ2v) is 2.59. The van der Waals surface area contributed by atoms with Crippen LogP contribution in [0.15, 0.2) is 18.2 Å². The van der Waals surface area contributed by atoms with E-state index >= 15 is 0 Å². The zero-order chi connectivity index (χ0) is 9.14. The molecule has 0 spiro atoms. The number of hydrogen-bond acceptors (Lipinski definition) is 2. The van der Waals surface area contributed by atoms with Crippen LogP contribution in [0.1, 0.15) is 5.56 Å². The Kier molecular flexibility index (Phi) is 2.49. The summed E-state index contributed by atoms with van der Waals surface area (Å²) in [6.45, 7) is 8.55. The van der Waals surface area contributed by atoms with Crippen molar-refractivity contribution < 1.29 is 10.0 Å². The molecule has 0 aromatic heterocycles. The summed E-state index contributed by atoms with van der Waals surface area (Å²) in [6.07, 6.45) is 0. The maximum absolute atomic E-state index is 8.82. The molecule has 0 radical (unpaired) electrons. The minimum Gasteiger partial charge on any atom is -0.423 e. The van der Waals surface area contributed by atoms with E-state index in [1.807, 2.05) is 0 Å². The third-order valence-electron chi connectivity index (χ3n) is 1.51.